The Bertz CT molecular complexity index is 1180. The Morgan fingerprint density at radius 1 is 1.28 bits per heavy atom. The maximum Gasteiger partial charge on any atom is 0.226 e. The van der Waals surface area contributed by atoms with E-state index in [1.54, 1.807) is 28.9 Å². The molecule has 1 aliphatic rings. The van der Waals surface area contributed by atoms with Gasteiger partial charge in [0.05, 0.1) is 29.6 Å². The summed E-state index contributed by atoms with van der Waals surface area (Å²) in [4.78, 5) is 0. The van der Waals surface area contributed by atoms with Crippen LogP contribution < -0.4 is 15.2 Å². The van der Waals surface area contributed by atoms with Crippen LogP contribution in [0.5, 0.6) is 17.4 Å². The van der Waals surface area contributed by atoms with Crippen molar-refractivity contribution in [3.8, 4) is 29.1 Å². The lowest BCUT2D eigenvalue weighted by Gasteiger charge is -2.25. The number of fused-ring (bicyclic) bond motifs is 1. The minimum atomic E-state index is -0.968. The summed E-state index contributed by atoms with van der Waals surface area (Å²) in [5.41, 5.74) is 9.76. The molecule has 0 bridgehead atoms. The average molecular weight is 409 g/mol. The Balaban J connectivity index is 1.97. The van der Waals surface area contributed by atoms with Crippen molar-refractivity contribution >= 4 is 17.2 Å². The largest absolute Gasteiger partial charge is 0.504 e. The molecule has 3 N–H and O–H groups in total. The van der Waals surface area contributed by atoms with E-state index in [1.165, 1.54) is 13.2 Å². The minimum Gasteiger partial charge on any atom is -0.504 e. The number of phenolic OH excluding ortho intramolecular Hbond substituents is 1. The number of aryl methyl sites for hydroxylation is 1. The van der Waals surface area contributed by atoms with Gasteiger partial charge in [-0.15, -0.1) is 0 Å². The second kappa shape index (κ2) is 7.17. The van der Waals surface area contributed by atoms with E-state index in [1.807, 2.05) is 19.1 Å². The normalized spacial score (nSPS) is 15.5. The molecule has 8 heteroatoms. The highest BCUT2D eigenvalue weighted by molar-refractivity contribution is 6.30. The van der Waals surface area contributed by atoms with Gasteiger partial charge >= 0.3 is 0 Å². The van der Waals surface area contributed by atoms with E-state index in [-0.39, 0.29) is 17.1 Å². The number of ether oxygens (including phenoxy) is 2. The first kappa shape index (κ1) is 18.9. The minimum absolute atomic E-state index is 0.000482. The van der Waals surface area contributed by atoms with Crippen molar-refractivity contribution in [3.05, 3.63) is 69.9 Å². The fourth-order valence-corrected chi connectivity index (χ4v) is 3.49. The van der Waals surface area contributed by atoms with Gasteiger partial charge < -0.3 is 14.6 Å². The number of benzene rings is 2. The molecule has 1 atom stereocenters. The zero-order valence-electron chi connectivity index (χ0n) is 15.7. The molecule has 3 aromatic rings. The highest BCUT2D eigenvalue weighted by atomic mass is 35.5. The van der Waals surface area contributed by atoms with Crippen LogP contribution in [0.3, 0.4) is 0 Å². The fraction of sp³-hybridized carbons (Fsp3) is 0.143. The number of nitriles is 1. The van der Waals surface area contributed by atoms with Crippen LogP contribution in [0.1, 0.15) is 16.8 Å². The number of rotatable bonds is 3. The Kier molecular flexibility index (Phi) is 4.66. The Morgan fingerprint density at radius 3 is 2.66 bits per heavy atom. The van der Waals surface area contributed by atoms with Crippen LogP contribution in [-0.2, 0) is 0 Å². The van der Waals surface area contributed by atoms with Crippen LogP contribution in [0.25, 0.3) is 11.3 Å². The molecule has 0 radical (unpaired) electrons. The number of hydrogen-bond acceptors (Lipinski definition) is 6. The Morgan fingerprint density at radius 2 is 2.00 bits per heavy atom. The predicted octanol–water partition coefficient (Wildman–Crippen LogP) is 3.55. The van der Waals surface area contributed by atoms with E-state index < -0.39 is 6.23 Å². The Hall–Kier alpha value is -3.47. The number of nitrogens with zero attached hydrogens (tertiary/aromatic N) is 3. The van der Waals surface area contributed by atoms with Crippen molar-refractivity contribution in [2.45, 2.75) is 13.2 Å². The van der Waals surface area contributed by atoms with Gasteiger partial charge in [-0.2, -0.15) is 10.4 Å². The van der Waals surface area contributed by atoms with E-state index >= 15 is 0 Å². The molecule has 2 aromatic carbocycles. The molecule has 0 saturated heterocycles. The van der Waals surface area contributed by atoms with Crippen molar-refractivity contribution < 1.29 is 14.6 Å². The summed E-state index contributed by atoms with van der Waals surface area (Å²) in [5, 5.41) is 24.9. The smallest absolute Gasteiger partial charge is 0.226 e. The number of nitrogens with two attached hydrogens (primary N) is 1. The third kappa shape index (κ3) is 3.09. The molecule has 1 aliphatic heterocycles. The van der Waals surface area contributed by atoms with Crippen molar-refractivity contribution in [1.82, 2.24) is 9.78 Å². The molecular formula is C21H17ClN4O3. The van der Waals surface area contributed by atoms with E-state index in [4.69, 9.17) is 26.8 Å². The van der Waals surface area contributed by atoms with Crippen molar-refractivity contribution in [2.75, 3.05) is 7.11 Å². The lowest BCUT2D eigenvalue weighted by atomic mass is 9.91. The molecule has 7 nitrogen and oxygen atoms in total. The first-order chi connectivity index (χ1) is 13.9. The van der Waals surface area contributed by atoms with Gasteiger partial charge in [0.2, 0.25) is 5.88 Å². The number of halogens is 1. The Labute approximate surface area is 172 Å². The second-order valence-electron chi connectivity index (χ2n) is 6.48. The molecule has 146 valence electrons. The molecule has 29 heavy (non-hydrogen) atoms. The molecule has 1 aromatic heterocycles. The molecule has 4 rings (SSSR count). The van der Waals surface area contributed by atoms with Gasteiger partial charge in [0.1, 0.15) is 6.07 Å². The fourth-order valence-electron chi connectivity index (χ4n) is 3.37. The maximum absolute atomic E-state index is 9.95. The number of methoxy groups -OCH3 is 1. The summed E-state index contributed by atoms with van der Waals surface area (Å²) < 4.78 is 12.7. The van der Waals surface area contributed by atoms with E-state index in [0.29, 0.717) is 33.3 Å². The van der Waals surface area contributed by atoms with Crippen LogP contribution in [-0.4, -0.2) is 28.2 Å². The van der Waals surface area contributed by atoms with E-state index in [9.17, 15) is 10.4 Å². The summed E-state index contributed by atoms with van der Waals surface area (Å²) >= 11 is 6.00. The van der Waals surface area contributed by atoms with Crippen LogP contribution in [0.15, 0.2) is 48.0 Å². The van der Waals surface area contributed by atoms with Gasteiger partial charge in [0.25, 0.3) is 0 Å². The van der Waals surface area contributed by atoms with Gasteiger partial charge in [-0.25, -0.2) is 4.68 Å². The lowest BCUT2D eigenvalue weighted by molar-refractivity contribution is 0.228. The molecular weight excluding hydrogens is 392 g/mol. The summed E-state index contributed by atoms with van der Waals surface area (Å²) in [6.07, 6.45) is -0.968. The zero-order chi connectivity index (χ0) is 20.7. The SMILES string of the molecule is COc1cc(C2=C(C#N)C(N)Oc3c2c(C)nn3-c2ccc(Cl)cc2)ccc1O. The summed E-state index contributed by atoms with van der Waals surface area (Å²) in [6.45, 7) is 1.83. The zero-order valence-corrected chi connectivity index (χ0v) is 16.4. The van der Waals surface area contributed by atoms with Crippen LogP contribution in [0, 0.1) is 18.3 Å². The third-order valence-electron chi connectivity index (χ3n) is 4.72. The van der Waals surface area contributed by atoms with Gasteiger partial charge in [-0.05, 0) is 48.9 Å². The number of aromatic nitrogens is 2. The summed E-state index contributed by atoms with van der Waals surface area (Å²) in [7, 11) is 1.46. The van der Waals surface area contributed by atoms with Crippen LogP contribution in [0.2, 0.25) is 5.02 Å². The highest BCUT2D eigenvalue weighted by Crippen LogP contribution is 2.43. The van der Waals surface area contributed by atoms with Crippen molar-refractivity contribution in [1.29, 1.82) is 5.26 Å². The van der Waals surface area contributed by atoms with Crippen molar-refractivity contribution in [2.24, 2.45) is 5.73 Å². The molecule has 2 heterocycles. The number of aromatic hydroxyl groups is 1. The summed E-state index contributed by atoms with van der Waals surface area (Å²) in [5.74, 6) is 0.718. The number of phenols is 1. The molecule has 0 amide bonds. The predicted molar refractivity (Wildman–Crippen MR) is 108 cm³/mol. The van der Waals surface area contributed by atoms with E-state index in [2.05, 4.69) is 11.2 Å². The first-order valence-corrected chi connectivity index (χ1v) is 9.12. The quantitative estimate of drug-likeness (QED) is 0.686. The molecule has 0 fully saturated rings. The van der Waals surface area contributed by atoms with Gasteiger partial charge in [0.15, 0.2) is 17.7 Å². The average Bonchev–Trinajstić information content (AvgIpc) is 3.04. The first-order valence-electron chi connectivity index (χ1n) is 8.74. The highest BCUT2D eigenvalue weighted by Gasteiger charge is 2.33. The van der Waals surface area contributed by atoms with Gasteiger partial charge in [-0.3, -0.25) is 5.73 Å². The maximum atomic E-state index is 9.95. The monoisotopic (exact) mass is 408 g/mol. The summed E-state index contributed by atoms with van der Waals surface area (Å²) in [6, 6.07) is 14.2. The third-order valence-corrected chi connectivity index (χ3v) is 4.97. The standard InChI is InChI=1S/C21H17ClN4O3/c1-11-18-19(12-3-8-16(27)17(9-12)28-2)15(10-23)20(24)29-21(18)26(25-11)14-6-4-13(22)5-7-14/h3-9,20,27H,24H2,1-2H3. The molecule has 0 spiro atoms. The molecule has 0 saturated carbocycles. The van der Waals surface area contributed by atoms with Crippen LogP contribution in [0.4, 0.5) is 0 Å². The molecule has 0 aliphatic carbocycles. The van der Waals surface area contributed by atoms with Gasteiger partial charge in [0, 0.05) is 10.6 Å². The van der Waals surface area contributed by atoms with E-state index in [0.717, 1.165) is 5.69 Å². The second-order valence-corrected chi connectivity index (χ2v) is 6.92. The topological polar surface area (TPSA) is 106 Å². The van der Waals surface area contributed by atoms with Crippen LogP contribution >= 0.6 is 11.6 Å². The van der Waals surface area contributed by atoms with Gasteiger partial charge in [-0.1, -0.05) is 17.7 Å². The lowest BCUT2D eigenvalue weighted by Crippen LogP contribution is -2.33. The number of hydrogen-bond donors (Lipinski definition) is 2. The molecule has 1 unspecified atom stereocenters. The van der Waals surface area contributed by atoms with Crippen molar-refractivity contribution in [3.63, 3.8) is 0 Å².